The largest absolute Gasteiger partial charge is 0.380 e. The Kier molecular flexibility index (Phi) is 7.89. The fraction of sp³-hybridized carbons (Fsp3) is 1.00. The van der Waals surface area contributed by atoms with Crippen LogP contribution < -0.4 is 11.1 Å². The highest BCUT2D eigenvalue weighted by atomic mass is 16.5. The van der Waals surface area contributed by atoms with Gasteiger partial charge in [0.15, 0.2) is 0 Å². The van der Waals surface area contributed by atoms with Gasteiger partial charge in [0, 0.05) is 25.7 Å². The van der Waals surface area contributed by atoms with E-state index in [4.69, 9.17) is 10.5 Å². The lowest BCUT2D eigenvalue weighted by molar-refractivity contribution is 0.135. The van der Waals surface area contributed by atoms with E-state index in [0.717, 1.165) is 26.2 Å². The average molecular weight is 160 g/mol. The van der Waals surface area contributed by atoms with Gasteiger partial charge in [-0.05, 0) is 13.3 Å². The first-order valence-electron chi connectivity index (χ1n) is 4.32. The van der Waals surface area contributed by atoms with Gasteiger partial charge in [0.05, 0.1) is 6.61 Å². The first-order chi connectivity index (χ1) is 5.31. The van der Waals surface area contributed by atoms with Crippen LogP contribution in [0.25, 0.3) is 0 Å². The molecule has 0 saturated carbocycles. The Labute approximate surface area is 69.3 Å². The molecule has 0 fully saturated rings. The summed E-state index contributed by atoms with van der Waals surface area (Å²) in [5.74, 6) is 0. The summed E-state index contributed by atoms with van der Waals surface area (Å²) in [4.78, 5) is 0. The van der Waals surface area contributed by atoms with Crippen molar-refractivity contribution in [1.82, 2.24) is 5.32 Å². The summed E-state index contributed by atoms with van der Waals surface area (Å²) < 4.78 is 5.27. The van der Waals surface area contributed by atoms with Gasteiger partial charge in [0.2, 0.25) is 0 Å². The SMILES string of the molecule is CCCOCCN[C@H](C)CN. The predicted octanol–water partition coefficient (Wildman–Crippen LogP) is 0.350. The summed E-state index contributed by atoms with van der Waals surface area (Å²) in [6.07, 6.45) is 1.09. The van der Waals surface area contributed by atoms with Crippen molar-refractivity contribution in [3.63, 3.8) is 0 Å². The summed E-state index contributed by atoms with van der Waals surface area (Å²) in [5, 5.41) is 3.24. The Morgan fingerprint density at radius 3 is 2.73 bits per heavy atom. The zero-order valence-corrected chi connectivity index (χ0v) is 7.60. The fourth-order valence-corrected chi connectivity index (χ4v) is 0.707. The number of nitrogens with two attached hydrogens (primary N) is 1. The Hall–Kier alpha value is -0.120. The lowest BCUT2D eigenvalue weighted by atomic mass is 10.3. The molecule has 3 heteroatoms. The van der Waals surface area contributed by atoms with Crippen LogP contribution in [0, 0.1) is 0 Å². The van der Waals surface area contributed by atoms with Crippen LogP contribution in [-0.4, -0.2) is 32.3 Å². The van der Waals surface area contributed by atoms with Crippen molar-refractivity contribution in [1.29, 1.82) is 0 Å². The highest BCUT2D eigenvalue weighted by molar-refractivity contribution is 4.59. The number of hydrogen-bond acceptors (Lipinski definition) is 3. The Bertz CT molecular complexity index is 78.5. The van der Waals surface area contributed by atoms with E-state index < -0.39 is 0 Å². The first-order valence-corrected chi connectivity index (χ1v) is 4.32. The maximum absolute atomic E-state index is 5.41. The number of hydrogen-bond donors (Lipinski definition) is 2. The van der Waals surface area contributed by atoms with Crippen molar-refractivity contribution in [2.45, 2.75) is 26.3 Å². The van der Waals surface area contributed by atoms with E-state index in [0.29, 0.717) is 12.6 Å². The molecule has 0 aliphatic heterocycles. The van der Waals surface area contributed by atoms with E-state index in [1.165, 1.54) is 0 Å². The second-order valence-electron chi connectivity index (χ2n) is 2.70. The molecule has 0 unspecified atom stereocenters. The van der Waals surface area contributed by atoms with Crippen molar-refractivity contribution in [3.8, 4) is 0 Å². The Balaban J connectivity index is 2.89. The lowest BCUT2D eigenvalue weighted by Crippen LogP contribution is -2.35. The normalized spacial score (nSPS) is 13.4. The Morgan fingerprint density at radius 2 is 2.18 bits per heavy atom. The molecule has 11 heavy (non-hydrogen) atoms. The average Bonchev–Trinajstić information content (AvgIpc) is 2.04. The summed E-state index contributed by atoms with van der Waals surface area (Å²) in [6, 6.07) is 0.403. The molecule has 0 rings (SSSR count). The molecule has 1 atom stereocenters. The third-order valence-corrected chi connectivity index (χ3v) is 1.44. The van der Waals surface area contributed by atoms with Gasteiger partial charge in [-0.25, -0.2) is 0 Å². The molecule has 0 aromatic rings. The molecular formula is C8H20N2O. The van der Waals surface area contributed by atoms with Gasteiger partial charge in [-0.1, -0.05) is 6.92 Å². The van der Waals surface area contributed by atoms with Crippen LogP contribution in [-0.2, 0) is 4.74 Å². The van der Waals surface area contributed by atoms with Gasteiger partial charge in [0.25, 0.3) is 0 Å². The Morgan fingerprint density at radius 1 is 1.45 bits per heavy atom. The minimum Gasteiger partial charge on any atom is -0.380 e. The van der Waals surface area contributed by atoms with Crippen molar-refractivity contribution in [2.24, 2.45) is 5.73 Å². The molecule has 0 saturated heterocycles. The van der Waals surface area contributed by atoms with Crippen LogP contribution in [0.2, 0.25) is 0 Å². The van der Waals surface area contributed by atoms with Crippen LogP contribution in [0.4, 0.5) is 0 Å². The highest BCUT2D eigenvalue weighted by Gasteiger charge is 1.94. The molecule has 3 N–H and O–H groups in total. The molecular weight excluding hydrogens is 140 g/mol. The number of ether oxygens (including phenoxy) is 1. The van der Waals surface area contributed by atoms with Crippen molar-refractivity contribution in [3.05, 3.63) is 0 Å². The van der Waals surface area contributed by atoms with Gasteiger partial charge < -0.3 is 15.8 Å². The summed E-state index contributed by atoms with van der Waals surface area (Å²) in [6.45, 7) is 7.42. The second kappa shape index (κ2) is 7.98. The summed E-state index contributed by atoms with van der Waals surface area (Å²) >= 11 is 0. The number of rotatable bonds is 7. The van der Waals surface area contributed by atoms with Crippen LogP contribution in [0.15, 0.2) is 0 Å². The lowest BCUT2D eigenvalue weighted by Gasteiger charge is -2.10. The molecule has 0 bridgehead atoms. The molecule has 0 amide bonds. The molecule has 0 spiro atoms. The van der Waals surface area contributed by atoms with E-state index in [2.05, 4.69) is 19.2 Å². The van der Waals surface area contributed by atoms with Crippen molar-refractivity contribution < 1.29 is 4.74 Å². The predicted molar refractivity (Wildman–Crippen MR) is 47.6 cm³/mol. The summed E-state index contributed by atoms with van der Waals surface area (Å²) in [5.41, 5.74) is 5.41. The second-order valence-corrected chi connectivity index (χ2v) is 2.70. The maximum atomic E-state index is 5.41. The smallest absolute Gasteiger partial charge is 0.0591 e. The first kappa shape index (κ1) is 10.9. The van der Waals surface area contributed by atoms with Gasteiger partial charge in [-0.3, -0.25) is 0 Å². The zero-order chi connectivity index (χ0) is 8.53. The van der Waals surface area contributed by atoms with Crippen molar-refractivity contribution >= 4 is 0 Å². The van der Waals surface area contributed by atoms with E-state index in [1.807, 2.05) is 0 Å². The third kappa shape index (κ3) is 7.78. The summed E-state index contributed by atoms with van der Waals surface area (Å²) in [7, 11) is 0. The van der Waals surface area contributed by atoms with E-state index in [1.54, 1.807) is 0 Å². The van der Waals surface area contributed by atoms with E-state index >= 15 is 0 Å². The van der Waals surface area contributed by atoms with Gasteiger partial charge >= 0.3 is 0 Å². The van der Waals surface area contributed by atoms with E-state index in [-0.39, 0.29) is 0 Å². The monoisotopic (exact) mass is 160 g/mol. The van der Waals surface area contributed by atoms with E-state index in [9.17, 15) is 0 Å². The van der Waals surface area contributed by atoms with Crippen LogP contribution in [0.1, 0.15) is 20.3 Å². The molecule has 0 aromatic carbocycles. The maximum Gasteiger partial charge on any atom is 0.0591 e. The zero-order valence-electron chi connectivity index (χ0n) is 7.60. The van der Waals surface area contributed by atoms with Crippen LogP contribution in [0.5, 0.6) is 0 Å². The standard InChI is InChI=1S/C8H20N2O/c1-3-5-11-6-4-10-8(2)7-9/h8,10H,3-7,9H2,1-2H3/t8-/m1/s1. The third-order valence-electron chi connectivity index (χ3n) is 1.44. The highest BCUT2D eigenvalue weighted by Crippen LogP contribution is 1.80. The number of nitrogens with one attached hydrogen (secondary N) is 1. The van der Waals surface area contributed by atoms with Gasteiger partial charge in [0.1, 0.15) is 0 Å². The molecule has 68 valence electrons. The minimum absolute atomic E-state index is 0.403. The van der Waals surface area contributed by atoms with Crippen LogP contribution in [0.3, 0.4) is 0 Å². The molecule has 0 aliphatic carbocycles. The molecule has 0 aromatic heterocycles. The van der Waals surface area contributed by atoms with Crippen molar-refractivity contribution in [2.75, 3.05) is 26.3 Å². The minimum atomic E-state index is 0.403. The molecule has 0 heterocycles. The quantitative estimate of drug-likeness (QED) is 0.528. The van der Waals surface area contributed by atoms with Gasteiger partial charge in [-0.15, -0.1) is 0 Å². The molecule has 3 nitrogen and oxygen atoms in total. The molecule has 0 radical (unpaired) electrons. The van der Waals surface area contributed by atoms with Gasteiger partial charge in [-0.2, -0.15) is 0 Å². The molecule has 0 aliphatic rings. The van der Waals surface area contributed by atoms with Crippen LogP contribution >= 0.6 is 0 Å². The fourth-order valence-electron chi connectivity index (χ4n) is 0.707. The topological polar surface area (TPSA) is 47.3 Å².